The zero-order valence-corrected chi connectivity index (χ0v) is 17.9. The second-order valence-electron chi connectivity index (χ2n) is 7.34. The SMILES string of the molecule is CCOC(=O)C1=C(c2ccccc2)NC(=O)NC1c1ccc(Oc2ccccc2C)cc1. The lowest BCUT2D eigenvalue weighted by Crippen LogP contribution is -2.45. The van der Waals surface area contributed by atoms with E-state index >= 15 is 0 Å². The van der Waals surface area contributed by atoms with Gasteiger partial charge in [-0.1, -0.05) is 60.7 Å². The van der Waals surface area contributed by atoms with Crippen molar-refractivity contribution in [3.8, 4) is 11.5 Å². The number of esters is 1. The van der Waals surface area contributed by atoms with Crippen LogP contribution in [0.1, 0.15) is 29.7 Å². The Hall–Kier alpha value is -4.06. The minimum Gasteiger partial charge on any atom is -0.463 e. The standard InChI is InChI=1S/C26H24N2O4/c1-3-31-25(29)22-23(18-10-5-4-6-11-18)27-26(30)28-24(22)19-13-15-20(16-14-19)32-21-12-8-7-9-17(21)2/h4-16,24H,3H2,1-2H3,(H2,27,28,30). The molecular weight excluding hydrogens is 404 g/mol. The first-order valence-corrected chi connectivity index (χ1v) is 10.4. The first-order chi connectivity index (χ1) is 15.6. The van der Waals surface area contributed by atoms with Crippen LogP contribution in [0.3, 0.4) is 0 Å². The molecule has 0 bridgehead atoms. The van der Waals surface area contributed by atoms with Gasteiger partial charge in [-0.25, -0.2) is 9.59 Å². The molecule has 0 spiro atoms. The van der Waals surface area contributed by atoms with Gasteiger partial charge in [0, 0.05) is 0 Å². The lowest BCUT2D eigenvalue weighted by molar-refractivity contribution is -0.138. The van der Waals surface area contributed by atoms with E-state index in [1.54, 1.807) is 6.92 Å². The van der Waals surface area contributed by atoms with E-state index in [2.05, 4.69) is 10.6 Å². The Morgan fingerprint density at radius 1 is 0.938 bits per heavy atom. The molecule has 1 atom stereocenters. The quantitative estimate of drug-likeness (QED) is 0.535. The van der Waals surface area contributed by atoms with Crippen molar-refractivity contribution >= 4 is 17.7 Å². The molecule has 1 unspecified atom stereocenters. The van der Waals surface area contributed by atoms with E-state index in [1.807, 2.05) is 85.8 Å². The van der Waals surface area contributed by atoms with Crippen LogP contribution in [0.4, 0.5) is 4.79 Å². The second-order valence-corrected chi connectivity index (χ2v) is 7.34. The molecule has 1 heterocycles. The van der Waals surface area contributed by atoms with Gasteiger partial charge in [0.2, 0.25) is 0 Å². The summed E-state index contributed by atoms with van der Waals surface area (Å²) < 4.78 is 11.3. The molecule has 2 N–H and O–H groups in total. The maximum Gasteiger partial charge on any atom is 0.338 e. The Kier molecular flexibility index (Phi) is 6.22. The van der Waals surface area contributed by atoms with Crippen LogP contribution in [0, 0.1) is 6.92 Å². The van der Waals surface area contributed by atoms with Crippen LogP contribution in [0.15, 0.2) is 84.4 Å². The highest BCUT2D eigenvalue weighted by molar-refractivity contribution is 6.04. The molecule has 0 saturated carbocycles. The lowest BCUT2D eigenvalue weighted by Gasteiger charge is -2.29. The van der Waals surface area contributed by atoms with Crippen molar-refractivity contribution < 1.29 is 19.1 Å². The highest BCUT2D eigenvalue weighted by Gasteiger charge is 2.34. The minimum atomic E-state index is -0.662. The summed E-state index contributed by atoms with van der Waals surface area (Å²) in [4.78, 5) is 25.4. The van der Waals surface area contributed by atoms with E-state index in [0.29, 0.717) is 17.0 Å². The van der Waals surface area contributed by atoms with Gasteiger partial charge >= 0.3 is 12.0 Å². The van der Waals surface area contributed by atoms with E-state index in [9.17, 15) is 9.59 Å². The fourth-order valence-electron chi connectivity index (χ4n) is 3.60. The van der Waals surface area contributed by atoms with Gasteiger partial charge in [-0.3, -0.25) is 0 Å². The van der Waals surface area contributed by atoms with Crippen LogP contribution in [-0.4, -0.2) is 18.6 Å². The second kappa shape index (κ2) is 9.39. The summed E-state index contributed by atoms with van der Waals surface area (Å²) >= 11 is 0. The van der Waals surface area contributed by atoms with Crippen LogP contribution >= 0.6 is 0 Å². The zero-order chi connectivity index (χ0) is 22.5. The number of amides is 2. The molecule has 0 aliphatic carbocycles. The molecule has 1 aliphatic heterocycles. The van der Waals surface area contributed by atoms with Gasteiger partial charge in [0.05, 0.1) is 23.9 Å². The number of para-hydroxylation sites is 1. The Morgan fingerprint density at radius 2 is 1.62 bits per heavy atom. The summed E-state index contributed by atoms with van der Waals surface area (Å²) in [5.41, 5.74) is 3.30. The van der Waals surface area contributed by atoms with Gasteiger partial charge < -0.3 is 20.1 Å². The number of nitrogens with one attached hydrogen (secondary N) is 2. The number of aryl methyl sites for hydroxylation is 1. The third-order valence-corrected chi connectivity index (χ3v) is 5.16. The number of benzene rings is 3. The smallest absolute Gasteiger partial charge is 0.338 e. The Morgan fingerprint density at radius 3 is 2.31 bits per heavy atom. The molecule has 6 heteroatoms. The van der Waals surface area contributed by atoms with E-state index in [0.717, 1.165) is 22.4 Å². The molecule has 2 amide bonds. The Bertz CT molecular complexity index is 1150. The molecule has 32 heavy (non-hydrogen) atoms. The van der Waals surface area contributed by atoms with Crippen molar-refractivity contribution in [3.05, 3.63) is 101 Å². The van der Waals surface area contributed by atoms with Crippen LogP contribution in [0.25, 0.3) is 5.70 Å². The molecule has 6 nitrogen and oxygen atoms in total. The predicted octanol–water partition coefficient (Wildman–Crippen LogP) is 5.12. The molecule has 1 aliphatic rings. The molecule has 0 saturated heterocycles. The first kappa shape index (κ1) is 21.2. The average Bonchev–Trinajstić information content (AvgIpc) is 2.81. The highest BCUT2D eigenvalue weighted by Crippen LogP contribution is 2.33. The fraction of sp³-hybridized carbons (Fsp3) is 0.154. The minimum absolute atomic E-state index is 0.230. The van der Waals surface area contributed by atoms with Gasteiger partial charge in [0.1, 0.15) is 11.5 Å². The molecule has 162 valence electrons. The molecule has 3 aromatic rings. The number of carbonyl (C=O) groups is 2. The van der Waals surface area contributed by atoms with Crippen molar-refractivity contribution in [1.29, 1.82) is 0 Å². The number of hydrogen-bond donors (Lipinski definition) is 2. The number of ether oxygens (including phenoxy) is 2. The van der Waals surface area contributed by atoms with E-state index < -0.39 is 12.0 Å². The molecule has 4 rings (SSSR count). The number of carbonyl (C=O) groups excluding carboxylic acids is 2. The monoisotopic (exact) mass is 428 g/mol. The normalized spacial score (nSPS) is 15.6. The summed E-state index contributed by atoms with van der Waals surface area (Å²) in [6.07, 6.45) is 0. The summed E-state index contributed by atoms with van der Waals surface area (Å²) in [5, 5.41) is 5.63. The van der Waals surface area contributed by atoms with Gasteiger partial charge in [-0.2, -0.15) is 0 Å². The Balaban J connectivity index is 1.71. The average molecular weight is 428 g/mol. The number of urea groups is 1. The third kappa shape index (κ3) is 4.49. The van der Waals surface area contributed by atoms with Crippen LogP contribution < -0.4 is 15.4 Å². The molecule has 0 radical (unpaired) electrons. The predicted molar refractivity (Wildman–Crippen MR) is 122 cm³/mol. The summed E-state index contributed by atoms with van der Waals surface area (Å²) in [5.74, 6) is 0.950. The number of hydrogen-bond acceptors (Lipinski definition) is 4. The fourth-order valence-corrected chi connectivity index (χ4v) is 3.60. The summed E-state index contributed by atoms with van der Waals surface area (Å²) in [7, 11) is 0. The van der Waals surface area contributed by atoms with Crippen LogP contribution in [0.5, 0.6) is 11.5 Å². The molecule has 0 fully saturated rings. The topological polar surface area (TPSA) is 76.7 Å². The van der Waals surface area contributed by atoms with Gasteiger partial charge in [-0.15, -0.1) is 0 Å². The van der Waals surface area contributed by atoms with Crippen molar-refractivity contribution in [2.75, 3.05) is 6.61 Å². The first-order valence-electron chi connectivity index (χ1n) is 10.4. The van der Waals surface area contributed by atoms with Crippen molar-refractivity contribution in [3.63, 3.8) is 0 Å². The van der Waals surface area contributed by atoms with Crippen LogP contribution in [-0.2, 0) is 9.53 Å². The summed E-state index contributed by atoms with van der Waals surface area (Å²) in [6, 6.07) is 23.3. The van der Waals surface area contributed by atoms with Crippen molar-refractivity contribution in [2.45, 2.75) is 19.9 Å². The van der Waals surface area contributed by atoms with Crippen molar-refractivity contribution in [2.24, 2.45) is 0 Å². The van der Waals surface area contributed by atoms with Crippen LogP contribution in [0.2, 0.25) is 0 Å². The third-order valence-electron chi connectivity index (χ3n) is 5.16. The Labute approximate surface area is 186 Å². The molecular formula is C26H24N2O4. The zero-order valence-electron chi connectivity index (χ0n) is 17.9. The van der Waals surface area contributed by atoms with E-state index in [4.69, 9.17) is 9.47 Å². The van der Waals surface area contributed by atoms with E-state index in [-0.39, 0.29) is 12.6 Å². The lowest BCUT2D eigenvalue weighted by atomic mass is 9.92. The van der Waals surface area contributed by atoms with Gasteiger partial charge in [-0.05, 0) is 48.7 Å². The van der Waals surface area contributed by atoms with Crippen molar-refractivity contribution in [1.82, 2.24) is 10.6 Å². The molecule has 3 aromatic carbocycles. The van der Waals surface area contributed by atoms with Gasteiger partial charge in [0.25, 0.3) is 0 Å². The van der Waals surface area contributed by atoms with Gasteiger partial charge in [0.15, 0.2) is 0 Å². The highest BCUT2D eigenvalue weighted by atomic mass is 16.5. The number of rotatable bonds is 6. The maximum absolute atomic E-state index is 12.9. The largest absolute Gasteiger partial charge is 0.463 e. The summed E-state index contributed by atoms with van der Waals surface area (Å²) in [6.45, 7) is 3.96. The molecule has 0 aromatic heterocycles. The maximum atomic E-state index is 12.9. The van der Waals surface area contributed by atoms with E-state index in [1.165, 1.54) is 0 Å².